The summed E-state index contributed by atoms with van der Waals surface area (Å²) < 4.78 is 23.9. The van der Waals surface area contributed by atoms with Crippen LogP contribution in [0, 0.1) is 0 Å². The highest BCUT2D eigenvalue weighted by atomic mass is 32.2. The second-order valence-corrected chi connectivity index (χ2v) is 8.07. The monoisotopic (exact) mass is 281 g/mol. The van der Waals surface area contributed by atoms with Gasteiger partial charge in [0.2, 0.25) is 0 Å². The van der Waals surface area contributed by atoms with Crippen molar-refractivity contribution < 1.29 is 8.42 Å². The second-order valence-electron chi connectivity index (χ2n) is 5.84. The highest BCUT2D eigenvalue weighted by Crippen LogP contribution is 2.23. The molecule has 3 nitrogen and oxygen atoms in total. The molecule has 0 spiro atoms. The van der Waals surface area contributed by atoms with Crippen molar-refractivity contribution in [3.63, 3.8) is 0 Å². The summed E-state index contributed by atoms with van der Waals surface area (Å²) in [5, 5.41) is 3.42. The van der Waals surface area contributed by atoms with Crippen LogP contribution in [-0.2, 0) is 9.84 Å². The van der Waals surface area contributed by atoms with E-state index < -0.39 is 9.84 Å². The zero-order chi connectivity index (χ0) is 14.0. The number of sulfone groups is 1. The summed E-state index contributed by atoms with van der Waals surface area (Å²) in [7, 11) is -2.94. The molecule has 1 saturated heterocycles. The summed E-state index contributed by atoms with van der Waals surface area (Å²) in [5.41, 5.74) is 2.36. The maximum atomic E-state index is 11.9. The lowest BCUT2D eigenvalue weighted by Crippen LogP contribution is -2.30. The van der Waals surface area contributed by atoms with E-state index in [0.29, 0.717) is 18.1 Å². The van der Waals surface area contributed by atoms with E-state index in [4.69, 9.17) is 0 Å². The van der Waals surface area contributed by atoms with Crippen molar-refractivity contribution in [2.75, 3.05) is 11.5 Å². The minimum Gasteiger partial charge on any atom is -0.307 e. The van der Waals surface area contributed by atoms with Crippen LogP contribution in [0.3, 0.4) is 0 Å². The van der Waals surface area contributed by atoms with E-state index in [1.54, 1.807) is 0 Å². The molecule has 0 amide bonds. The summed E-state index contributed by atoms with van der Waals surface area (Å²) >= 11 is 0. The molecule has 106 valence electrons. The number of nitrogens with one attached hydrogen (secondary N) is 1. The van der Waals surface area contributed by atoms with Crippen LogP contribution in [0.1, 0.15) is 50.3 Å². The number of benzene rings is 1. The molecule has 0 aromatic heterocycles. The molecule has 1 aliphatic heterocycles. The van der Waals surface area contributed by atoms with Gasteiger partial charge in [-0.3, -0.25) is 0 Å². The van der Waals surface area contributed by atoms with E-state index in [1.165, 1.54) is 5.56 Å². The van der Waals surface area contributed by atoms with E-state index >= 15 is 0 Å². The molecule has 1 aliphatic rings. The van der Waals surface area contributed by atoms with Crippen molar-refractivity contribution >= 4 is 9.84 Å². The van der Waals surface area contributed by atoms with Crippen molar-refractivity contribution in [1.29, 1.82) is 0 Å². The Bertz CT molecular complexity index is 520. The first-order chi connectivity index (χ1) is 8.87. The molecule has 0 bridgehead atoms. The Morgan fingerprint density at radius 1 is 1.21 bits per heavy atom. The molecule has 0 aliphatic carbocycles. The Labute approximate surface area is 116 Å². The van der Waals surface area contributed by atoms with Gasteiger partial charge in [0.15, 0.2) is 9.84 Å². The highest BCUT2D eigenvalue weighted by Gasteiger charge is 2.26. The van der Waals surface area contributed by atoms with Crippen LogP contribution in [0.15, 0.2) is 24.3 Å². The summed E-state index contributed by atoms with van der Waals surface area (Å²) in [6.45, 7) is 6.37. The predicted molar refractivity (Wildman–Crippen MR) is 79.1 cm³/mol. The van der Waals surface area contributed by atoms with Gasteiger partial charge in [0, 0.05) is 12.1 Å². The molecule has 0 radical (unpaired) electrons. The SMILES string of the molecule is CC1CCS(=O)(=O)CC(c2ccc(C(C)C)cc2)N1. The zero-order valence-electron chi connectivity index (χ0n) is 11.9. The quantitative estimate of drug-likeness (QED) is 0.906. The van der Waals surface area contributed by atoms with Crippen LogP contribution in [0.25, 0.3) is 0 Å². The fourth-order valence-electron chi connectivity index (χ4n) is 2.47. The first kappa shape index (κ1) is 14.5. The summed E-state index contributed by atoms with van der Waals surface area (Å²) in [4.78, 5) is 0. The lowest BCUT2D eigenvalue weighted by atomic mass is 9.99. The highest BCUT2D eigenvalue weighted by molar-refractivity contribution is 7.91. The molecule has 2 unspecified atom stereocenters. The maximum Gasteiger partial charge on any atom is 0.152 e. The third-order valence-electron chi connectivity index (χ3n) is 3.77. The standard InChI is InChI=1S/C15H23NO2S/c1-11(2)13-4-6-14(7-5-13)15-10-19(17,18)9-8-12(3)16-15/h4-7,11-12,15-16H,8-10H2,1-3H3. The smallest absolute Gasteiger partial charge is 0.152 e. The largest absolute Gasteiger partial charge is 0.307 e. The van der Waals surface area contributed by atoms with E-state index in [2.05, 4.69) is 50.4 Å². The molecule has 1 aromatic carbocycles. The van der Waals surface area contributed by atoms with Gasteiger partial charge < -0.3 is 5.32 Å². The first-order valence-electron chi connectivity index (χ1n) is 6.94. The Morgan fingerprint density at radius 2 is 1.84 bits per heavy atom. The van der Waals surface area contributed by atoms with Gasteiger partial charge in [0.05, 0.1) is 11.5 Å². The van der Waals surface area contributed by atoms with E-state index in [9.17, 15) is 8.42 Å². The van der Waals surface area contributed by atoms with Crippen LogP contribution >= 0.6 is 0 Å². The lowest BCUT2D eigenvalue weighted by Gasteiger charge is -2.20. The Kier molecular flexibility index (Phi) is 4.31. The second kappa shape index (κ2) is 5.63. The first-order valence-corrected chi connectivity index (χ1v) is 8.76. The summed E-state index contributed by atoms with van der Waals surface area (Å²) in [6.07, 6.45) is 0.697. The number of hydrogen-bond donors (Lipinski definition) is 1. The van der Waals surface area contributed by atoms with Gasteiger partial charge in [-0.05, 0) is 30.4 Å². The number of hydrogen-bond acceptors (Lipinski definition) is 3. The topological polar surface area (TPSA) is 46.2 Å². The van der Waals surface area contributed by atoms with Crippen LogP contribution in [0.4, 0.5) is 0 Å². The average molecular weight is 281 g/mol. The molecule has 4 heteroatoms. The summed E-state index contributed by atoms with van der Waals surface area (Å²) in [5.74, 6) is 0.999. The minimum atomic E-state index is -2.94. The average Bonchev–Trinajstić information content (AvgIpc) is 2.48. The molecule has 0 saturated carbocycles. The van der Waals surface area contributed by atoms with Crippen molar-refractivity contribution in [2.24, 2.45) is 0 Å². The van der Waals surface area contributed by atoms with E-state index in [0.717, 1.165) is 5.56 Å². The number of rotatable bonds is 2. The molecule has 1 heterocycles. The fraction of sp³-hybridized carbons (Fsp3) is 0.600. The van der Waals surface area contributed by atoms with Gasteiger partial charge in [0.1, 0.15) is 0 Å². The minimum absolute atomic E-state index is 0.0799. The van der Waals surface area contributed by atoms with Gasteiger partial charge in [0.25, 0.3) is 0 Å². The Hall–Kier alpha value is -0.870. The molecule has 1 aromatic rings. The van der Waals surface area contributed by atoms with Crippen molar-refractivity contribution in [3.8, 4) is 0 Å². The molecular formula is C15H23NO2S. The van der Waals surface area contributed by atoms with Gasteiger partial charge in [-0.2, -0.15) is 0 Å². The van der Waals surface area contributed by atoms with Gasteiger partial charge in [-0.15, -0.1) is 0 Å². The third kappa shape index (κ3) is 3.80. The van der Waals surface area contributed by atoms with Crippen LogP contribution in [0.5, 0.6) is 0 Å². The van der Waals surface area contributed by atoms with E-state index in [1.807, 2.05) is 0 Å². The summed E-state index contributed by atoms with van der Waals surface area (Å²) in [6, 6.07) is 8.48. The van der Waals surface area contributed by atoms with Crippen LogP contribution in [0.2, 0.25) is 0 Å². The molecule has 1 N–H and O–H groups in total. The predicted octanol–water partition coefficient (Wildman–Crippen LogP) is 2.65. The Morgan fingerprint density at radius 3 is 2.42 bits per heavy atom. The van der Waals surface area contributed by atoms with Crippen molar-refractivity contribution in [3.05, 3.63) is 35.4 Å². The fourth-order valence-corrected chi connectivity index (χ4v) is 4.15. The zero-order valence-corrected chi connectivity index (χ0v) is 12.7. The molecule has 2 atom stereocenters. The molecule has 19 heavy (non-hydrogen) atoms. The van der Waals surface area contributed by atoms with Gasteiger partial charge >= 0.3 is 0 Å². The molecular weight excluding hydrogens is 258 g/mol. The normalized spacial score (nSPS) is 27.2. The third-order valence-corrected chi connectivity index (χ3v) is 5.47. The van der Waals surface area contributed by atoms with Crippen molar-refractivity contribution in [1.82, 2.24) is 5.32 Å². The van der Waals surface area contributed by atoms with E-state index in [-0.39, 0.29) is 17.8 Å². The molecule has 1 fully saturated rings. The van der Waals surface area contributed by atoms with Gasteiger partial charge in [-0.1, -0.05) is 38.1 Å². The maximum absolute atomic E-state index is 11.9. The lowest BCUT2D eigenvalue weighted by molar-refractivity contribution is 0.484. The van der Waals surface area contributed by atoms with Crippen molar-refractivity contribution in [2.45, 2.75) is 45.2 Å². The molecule has 2 rings (SSSR count). The van der Waals surface area contributed by atoms with Crippen LogP contribution in [-0.4, -0.2) is 26.0 Å². The van der Waals surface area contributed by atoms with Crippen LogP contribution < -0.4 is 5.32 Å². The Balaban J connectivity index is 2.23. The van der Waals surface area contributed by atoms with Gasteiger partial charge in [-0.25, -0.2) is 8.42 Å².